The second-order valence-corrected chi connectivity index (χ2v) is 7.11. The lowest BCUT2D eigenvalue weighted by Crippen LogP contribution is -2.29. The Labute approximate surface area is 115 Å². The van der Waals surface area contributed by atoms with Crippen molar-refractivity contribution in [3.63, 3.8) is 0 Å². The third kappa shape index (κ3) is 3.79. The Bertz CT molecular complexity index is 586. The van der Waals surface area contributed by atoms with Crippen molar-refractivity contribution in [2.24, 2.45) is 5.92 Å². The highest BCUT2D eigenvalue weighted by atomic mass is 32.2. The van der Waals surface area contributed by atoms with E-state index in [9.17, 15) is 8.42 Å². The van der Waals surface area contributed by atoms with E-state index in [0.29, 0.717) is 23.6 Å². The molecular formula is C14H20N2O2S. The van der Waals surface area contributed by atoms with Crippen LogP contribution in [-0.4, -0.2) is 26.3 Å². The first-order chi connectivity index (χ1) is 8.78. The Morgan fingerprint density at radius 3 is 2.53 bits per heavy atom. The Balaban J connectivity index is 3.10. The van der Waals surface area contributed by atoms with Gasteiger partial charge in [-0.15, -0.1) is 0 Å². The molecule has 0 bridgehead atoms. The zero-order valence-electron chi connectivity index (χ0n) is 11.8. The van der Waals surface area contributed by atoms with E-state index in [0.717, 1.165) is 6.42 Å². The molecule has 0 heterocycles. The fourth-order valence-corrected chi connectivity index (χ4v) is 3.11. The van der Waals surface area contributed by atoms with E-state index >= 15 is 0 Å². The van der Waals surface area contributed by atoms with Gasteiger partial charge in [-0.05, 0) is 37.0 Å². The fourth-order valence-electron chi connectivity index (χ4n) is 1.68. The molecule has 0 atom stereocenters. The van der Waals surface area contributed by atoms with E-state index in [-0.39, 0.29) is 4.90 Å². The van der Waals surface area contributed by atoms with E-state index in [4.69, 9.17) is 5.26 Å². The predicted molar refractivity (Wildman–Crippen MR) is 75.2 cm³/mol. The topological polar surface area (TPSA) is 61.2 Å². The van der Waals surface area contributed by atoms with Crippen molar-refractivity contribution in [3.8, 4) is 6.07 Å². The number of rotatable bonds is 5. The largest absolute Gasteiger partial charge is 0.243 e. The Kier molecular flexibility index (Phi) is 5.10. The summed E-state index contributed by atoms with van der Waals surface area (Å²) in [5, 5.41) is 8.87. The highest BCUT2D eigenvalue weighted by molar-refractivity contribution is 7.89. The first-order valence-electron chi connectivity index (χ1n) is 6.26. The summed E-state index contributed by atoms with van der Waals surface area (Å²) < 4.78 is 26.3. The smallest absolute Gasteiger partial charge is 0.207 e. The molecule has 0 N–H and O–H groups in total. The van der Waals surface area contributed by atoms with Crippen LogP contribution in [0.1, 0.15) is 31.4 Å². The SMILES string of the molecule is Cc1ccc(C#N)cc1S(=O)(=O)N(C)CCC(C)C. The summed E-state index contributed by atoms with van der Waals surface area (Å²) in [4.78, 5) is 0.220. The van der Waals surface area contributed by atoms with Crippen molar-refractivity contribution >= 4 is 10.0 Å². The number of benzene rings is 1. The molecule has 1 aromatic carbocycles. The molecule has 0 aliphatic carbocycles. The Hall–Kier alpha value is -1.38. The van der Waals surface area contributed by atoms with E-state index in [1.165, 1.54) is 10.4 Å². The number of aryl methyl sites for hydroxylation is 1. The van der Waals surface area contributed by atoms with Crippen LogP contribution in [0, 0.1) is 24.2 Å². The molecule has 0 radical (unpaired) electrons. The standard InChI is InChI=1S/C14H20N2O2S/c1-11(2)7-8-16(4)19(17,18)14-9-13(10-15)6-5-12(14)3/h5-6,9,11H,7-8H2,1-4H3. The number of hydrogen-bond donors (Lipinski definition) is 0. The van der Waals surface area contributed by atoms with Gasteiger partial charge in [0, 0.05) is 13.6 Å². The molecule has 0 aliphatic heterocycles. The van der Waals surface area contributed by atoms with Crippen molar-refractivity contribution < 1.29 is 8.42 Å². The predicted octanol–water partition coefficient (Wildman–Crippen LogP) is 2.53. The second kappa shape index (κ2) is 6.18. The monoisotopic (exact) mass is 280 g/mol. The lowest BCUT2D eigenvalue weighted by molar-refractivity contribution is 0.428. The molecule has 0 spiro atoms. The van der Waals surface area contributed by atoms with Crippen molar-refractivity contribution in [1.82, 2.24) is 4.31 Å². The normalized spacial score (nSPS) is 11.8. The highest BCUT2D eigenvalue weighted by Gasteiger charge is 2.23. The molecule has 0 saturated heterocycles. The van der Waals surface area contributed by atoms with E-state index in [1.807, 2.05) is 6.07 Å². The molecule has 0 fully saturated rings. The summed E-state index contributed by atoms with van der Waals surface area (Å²) in [5.74, 6) is 0.448. The van der Waals surface area contributed by atoms with Gasteiger partial charge in [0.1, 0.15) is 0 Å². The van der Waals surface area contributed by atoms with Crippen molar-refractivity contribution in [2.45, 2.75) is 32.1 Å². The lowest BCUT2D eigenvalue weighted by atomic mass is 10.1. The molecule has 0 aromatic heterocycles. The summed E-state index contributed by atoms with van der Waals surface area (Å²) in [6.45, 7) is 6.34. The third-order valence-electron chi connectivity index (χ3n) is 3.03. The minimum absolute atomic E-state index is 0.220. The van der Waals surface area contributed by atoms with Gasteiger partial charge in [0.15, 0.2) is 0 Å². The van der Waals surface area contributed by atoms with E-state index in [1.54, 1.807) is 26.1 Å². The minimum Gasteiger partial charge on any atom is -0.207 e. The van der Waals surface area contributed by atoms with Crippen LogP contribution in [0.25, 0.3) is 0 Å². The van der Waals surface area contributed by atoms with Gasteiger partial charge in [0.05, 0.1) is 16.5 Å². The molecule has 4 nitrogen and oxygen atoms in total. The Morgan fingerprint density at radius 1 is 1.37 bits per heavy atom. The average molecular weight is 280 g/mol. The number of nitriles is 1. The fraction of sp³-hybridized carbons (Fsp3) is 0.500. The van der Waals surface area contributed by atoms with Crippen LogP contribution in [0.4, 0.5) is 0 Å². The molecule has 19 heavy (non-hydrogen) atoms. The quantitative estimate of drug-likeness (QED) is 0.832. The number of nitrogens with zero attached hydrogens (tertiary/aromatic N) is 2. The van der Waals surface area contributed by atoms with Gasteiger partial charge in [0.25, 0.3) is 0 Å². The van der Waals surface area contributed by atoms with Crippen LogP contribution in [0.5, 0.6) is 0 Å². The van der Waals surface area contributed by atoms with Crippen LogP contribution in [0.3, 0.4) is 0 Å². The van der Waals surface area contributed by atoms with Crippen LogP contribution >= 0.6 is 0 Å². The van der Waals surface area contributed by atoms with Crippen LogP contribution in [-0.2, 0) is 10.0 Å². The molecular weight excluding hydrogens is 260 g/mol. The molecule has 1 rings (SSSR count). The number of hydrogen-bond acceptors (Lipinski definition) is 3. The third-order valence-corrected chi connectivity index (χ3v) is 5.03. The van der Waals surface area contributed by atoms with E-state index in [2.05, 4.69) is 13.8 Å². The molecule has 1 aromatic rings. The molecule has 104 valence electrons. The summed E-state index contributed by atoms with van der Waals surface area (Å²) in [6, 6.07) is 6.71. The Morgan fingerprint density at radius 2 is 2.00 bits per heavy atom. The van der Waals surface area contributed by atoms with Gasteiger partial charge < -0.3 is 0 Å². The minimum atomic E-state index is -3.52. The zero-order valence-corrected chi connectivity index (χ0v) is 12.7. The van der Waals surface area contributed by atoms with Crippen LogP contribution in [0.15, 0.2) is 23.1 Å². The van der Waals surface area contributed by atoms with Gasteiger partial charge in [-0.2, -0.15) is 5.26 Å². The van der Waals surface area contributed by atoms with Gasteiger partial charge in [0.2, 0.25) is 10.0 Å². The molecule has 5 heteroatoms. The van der Waals surface area contributed by atoms with E-state index < -0.39 is 10.0 Å². The molecule has 0 saturated carbocycles. The first-order valence-corrected chi connectivity index (χ1v) is 7.70. The first kappa shape index (κ1) is 15.7. The van der Waals surface area contributed by atoms with Crippen molar-refractivity contribution in [3.05, 3.63) is 29.3 Å². The highest BCUT2D eigenvalue weighted by Crippen LogP contribution is 2.21. The summed E-state index contributed by atoms with van der Waals surface area (Å²) in [5.41, 5.74) is 1.02. The molecule has 0 amide bonds. The van der Waals surface area contributed by atoms with Crippen molar-refractivity contribution in [1.29, 1.82) is 5.26 Å². The number of sulfonamides is 1. The zero-order chi connectivity index (χ0) is 14.6. The van der Waals surface area contributed by atoms with Crippen LogP contribution in [0.2, 0.25) is 0 Å². The lowest BCUT2D eigenvalue weighted by Gasteiger charge is -2.19. The molecule has 0 aliphatic rings. The summed E-state index contributed by atoms with van der Waals surface area (Å²) in [7, 11) is -1.94. The summed E-state index contributed by atoms with van der Waals surface area (Å²) >= 11 is 0. The average Bonchev–Trinajstić information content (AvgIpc) is 2.36. The van der Waals surface area contributed by atoms with Gasteiger partial charge >= 0.3 is 0 Å². The van der Waals surface area contributed by atoms with Crippen LogP contribution < -0.4 is 0 Å². The molecule has 0 unspecified atom stereocenters. The summed E-state index contributed by atoms with van der Waals surface area (Å²) in [6.07, 6.45) is 0.812. The maximum absolute atomic E-state index is 12.5. The maximum Gasteiger partial charge on any atom is 0.243 e. The van der Waals surface area contributed by atoms with Gasteiger partial charge in [-0.3, -0.25) is 0 Å². The maximum atomic E-state index is 12.5. The van der Waals surface area contributed by atoms with Crippen molar-refractivity contribution in [2.75, 3.05) is 13.6 Å². The van der Waals surface area contributed by atoms with Gasteiger partial charge in [-0.1, -0.05) is 19.9 Å². The second-order valence-electron chi connectivity index (χ2n) is 5.10. The van der Waals surface area contributed by atoms with Gasteiger partial charge in [-0.25, -0.2) is 12.7 Å².